The second-order valence-electron chi connectivity index (χ2n) is 14.8. The van der Waals surface area contributed by atoms with E-state index < -0.39 is 28.8 Å². The molecule has 41 heavy (non-hydrogen) atoms. The maximum absolute atomic E-state index is 14.9. The summed E-state index contributed by atoms with van der Waals surface area (Å²) in [6.45, 7) is 17.4. The van der Waals surface area contributed by atoms with Gasteiger partial charge in [0.15, 0.2) is 0 Å². The molecule has 2 heterocycles. The van der Waals surface area contributed by atoms with Crippen molar-refractivity contribution in [3.63, 3.8) is 0 Å². The van der Waals surface area contributed by atoms with Gasteiger partial charge < -0.3 is 18.9 Å². The lowest BCUT2D eigenvalue weighted by atomic mass is 9.49. The number of fused-ring (bicyclic) bond motifs is 10. The van der Waals surface area contributed by atoms with Crippen molar-refractivity contribution in [2.24, 2.45) is 46.3 Å². The van der Waals surface area contributed by atoms with Gasteiger partial charge in [-0.25, -0.2) is 9.59 Å². The number of allylic oxidation sites excluding steroid dienone is 1. The number of ether oxygens (including phenoxy) is 4. The Balaban J connectivity index is 1.46. The maximum Gasteiger partial charge on any atom is 0.334 e. The molecule has 0 aromatic rings. The van der Waals surface area contributed by atoms with E-state index in [1.54, 1.807) is 14.2 Å². The van der Waals surface area contributed by atoms with Gasteiger partial charge in [0, 0.05) is 55.5 Å². The summed E-state index contributed by atoms with van der Waals surface area (Å²) in [5, 5.41) is 0. The van der Waals surface area contributed by atoms with Crippen molar-refractivity contribution in [2.45, 2.75) is 95.0 Å². The minimum atomic E-state index is -0.999. The summed E-state index contributed by atoms with van der Waals surface area (Å²) in [4.78, 5) is 40.8. The highest BCUT2D eigenvalue weighted by Gasteiger charge is 2.83. The molecule has 0 aromatic heterocycles. The van der Waals surface area contributed by atoms with Gasteiger partial charge in [-0.15, -0.1) is 0 Å². The molecule has 2 saturated heterocycles. The Morgan fingerprint density at radius 2 is 1.44 bits per heavy atom. The number of ketones is 1. The van der Waals surface area contributed by atoms with Gasteiger partial charge in [0.2, 0.25) is 0 Å². The van der Waals surface area contributed by atoms with Crippen LogP contribution in [0.2, 0.25) is 0 Å². The minimum Gasteiger partial charge on any atom is -0.458 e. The molecule has 0 N–H and O–H groups in total. The van der Waals surface area contributed by atoms with E-state index in [-0.39, 0.29) is 58.6 Å². The number of carbonyl (C=O) groups excluding carboxylic acids is 3. The molecule has 0 radical (unpaired) electrons. The predicted octanol–water partition coefficient (Wildman–Crippen LogP) is 5.13. The lowest BCUT2D eigenvalue weighted by Crippen LogP contribution is -2.72. The van der Waals surface area contributed by atoms with Gasteiger partial charge in [0.25, 0.3) is 0 Å². The molecule has 0 aromatic carbocycles. The molecule has 0 amide bonds. The van der Waals surface area contributed by atoms with Gasteiger partial charge >= 0.3 is 11.9 Å². The Bertz CT molecular complexity index is 1280. The lowest BCUT2D eigenvalue weighted by Gasteiger charge is -2.61. The molecule has 222 valence electrons. The van der Waals surface area contributed by atoms with E-state index in [2.05, 4.69) is 33.6 Å². The van der Waals surface area contributed by atoms with E-state index in [0.717, 1.165) is 37.7 Å². The highest BCUT2D eigenvalue weighted by molar-refractivity contribution is 5.93. The summed E-state index contributed by atoms with van der Waals surface area (Å²) in [5.74, 6) is -1.13. The molecular formula is C34H44O7. The van der Waals surface area contributed by atoms with Crippen LogP contribution in [0.1, 0.15) is 71.6 Å². The molecule has 1 spiro atoms. The third-order valence-electron chi connectivity index (χ3n) is 13.4. The first-order valence-electron chi connectivity index (χ1n) is 15.5. The van der Waals surface area contributed by atoms with Crippen LogP contribution in [-0.2, 0) is 33.3 Å². The monoisotopic (exact) mass is 564 g/mol. The largest absolute Gasteiger partial charge is 0.458 e. The van der Waals surface area contributed by atoms with E-state index >= 15 is 0 Å². The topological polar surface area (TPSA) is 88.1 Å². The lowest BCUT2D eigenvalue weighted by molar-refractivity contribution is -0.277. The number of hydrogen-bond acceptors (Lipinski definition) is 7. The van der Waals surface area contributed by atoms with Crippen molar-refractivity contribution in [3.05, 3.63) is 36.5 Å². The van der Waals surface area contributed by atoms with Gasteiger partial charge in [0.05, 0.1) is 5.41 Å². The molecular weight excluding hydrogens is 520 g/mol. The van der Waals surface area contributed by atoms with Crippen molar-refractivity contribution < 1.29 is 33.3 Å². The summed E-state index contributed by atoms with van der Waals surface area (Å²) in [6.07, 6.45) is 5.54. The third-order valence-corrected chi connectivity index (χ3v) is 13.4. The van der Waals surface area contributed by atoms with Crippen molar-refractivity contribution in [2.75, 3.05) is 14.2 Å². The Hall–Kier alpha value is -2.25. The Morgan fingerprint density at radius 3 is 2.07 bits per heavy atom. The SMILES string of the molecule is C=C1C(=O)O[C@@H]2[C@@H]3[C@@H](C[C@@]4(OC)[C@]3(OC)CCC[C@]43C(=O)C[C@@H]4C3[C@H]3OC(=O)C(=C)[C@@H]3CCC4(C)C)C(=C)CC[C@@H]12. The van der Waals surface area contributed by atoms with Crippen LogP contribution in [0.3, 0.4) is 0 Å². The highest BCUT2D eigenvalue weighted by Crippen LogP contribution is 2.75. The standard InChI is InChI=1S/C34H44O7/c1-17-9-10-20-18(2)29(36)40-27(20)25-22(17)16-34(39-7)32(12-8-13-33(25,34)38-6)24(35)15-23-26(32)28-21(11-14-31(23,4)5)19(3)30(37)41-28/h20-23,25-28H,1-3,8-16H2,4-7H3/t20-,21-,22-,23+,25-,26?,27-,28-,32+,33-,34-/m0/s1. The van der Waals surface area contributed by atoms with E-state index in [0.29, 0.717) is 36.8 Å². The van der Waals surface area contributed by atoms with E-state index in [1.165, 1.54) is 0 Å². The molecule has 7 nitrogen and oxygen atoms in total. The number of rotatable bonds is 2. The molecule has 1 unspecified atom stereocenters. The van der Waals surface area contributed by atoms with Crippen LogP contribution in [0.25, 0.3) is 0 Å². The van der Waals surface area contributed by atoms with Crippen LogP contribution >= 0.6 is 0 Å². The molecule has 7 aliphatic rings. The van der Waals surface area contributed by atoms with E-state index in [9.17, 15) is 14.4 Å². The van der Waals surface area contributed by atoms with Crippen LogP contribution in [0, 0.1) is 46.3 Å². The highest BCUT2D eigenvalue weighted by atomic mass is 16.6. The quantitative estimate of drug-likeness (QED) is 0.261. The van der Waals surface area contributed by atoms with E-state index in [4.69, 9.17) is 18.9 Å². The average Bonchev–Trinajstić information content (AvgIpc) is 3.55. The Morgan fingerprint density at radius 1 is 0.805 bits per heavy atom. The second-order valence-corrected chi connectivity index (χ2v) is 14.8. The van der Waals surface area contributed by atoms with Crippen molar-refractivity contribution in [1.29, 1.82) is 0 Å². The number of hydrogen-bond donors (Lipinski definition) is 0. The first kappa shape index (κ1) is 27.6. The van der Waals surface area contributed by atoms with Crippen molar-refractivity contribution >= 4 is 17.7 Å². The first-order valence-corrected chi connectivity index (χ1v) is 15.5. The molecule has 5 aliphatic carbocycles. The second kappa shape index (κ2) is 8.66. The zero-order valence-corrected chi connectivity index (χ0v) is 25.0. The van der Waals surface area contributed by atoms with E-state index in [1.807, 2.05) is 0 Å². The summed E-state index contributed by atoms with van der Waals surface area (Å²) < 4.78 is 25.9. The predicted molar refractivity (Wildman–Crippen MR) is 150 cm³/mol. The fraction of sp³-hybridized carbons (Fsp3) is 0.735. The number of methoxy groups -OCH3 is 2. The van der Waals surface area contributed by atoms with Gasteiger partial charge in [0.1, 0.15) is 29.2 Å². The molecule has 0 bridgehead atoms. The Labute approximate surface area is 243 Å². The van der Waals surface area contributed by atoms with Crippen LogP contribution in [0.15, 0.2) is 36.5 Å². The number of Topliss-reactive ketones (excluding diaryl/α,β-unsaturated/α-hetero) is 1. The molecule has 11 atom stereocenters. The molecule has 5 saturated carbocycles. The van der Waals surface area contributed by atoms with Crippen LogP contribution in [-0.4, -0.2) is 55.4 Å². The van der Waals surface area contributed by atoms with Gasteiger partial charge in [-0.1, -0.05) is 39.2 Å². The smallest absolute Gasteiger partial charge is 0.334 e. The number of esters is 2. The first-order chi connectivity index (χ1) is 19.4. The van der Waals surface area contributed by atoms with Crippen LogP contribution in [0.5, 0.6) is 0 Å². The molecule has 7 rings (SSSR count). The Kier molecular flexibility index (Phi) is 5.82. The van der Waals surface area contributed by atoms with Crippen LogP contribution in [0.4, 0.5) is 0 Å². The van der Waals surface area contributed by atoms with Gasteiger partial charge in [-0.3, -0.25) is 4.79 Å². The minimum absolute atomic E-state index is 0.0359. The van der Waals surface area contributed by atoms with Crippen molar-refractivity contribution in [3.8, 4) is 0 Å². The fourth-order valence-electron chi connectivity index (χ4n) is 11.6. The summed E-state index contributed by atoms with van der Waals surface area (Å²) in [5.41, 5.74) is -0.769. The van der Waals surface area contributed by atoms with Gasteiger partial charge in [-0.05, 0) is 68.6 Å². The summed E-state index contributed by atoms with van der Waals surface area (Å²) in [7, 11) is 3.46. The molecule has 2 aliphatic heterocycles. The molecule has 7 fully saturated rings. The van der Waals surface area contributed by atoms with Gasteiger partial charge in [-0.2, -0.15) is 0 Å². The molecule has 7 heteroatoms. The fourth-order valence-corrected chi connectivity index (χ4v) is 11.6. The zero-order chi connectivity index (χ0) is 29.3. The third kappa shape index (κ3) is 3.05. The normalized spacial score (nSPS) is 50.0. The summed E-state index contributed by atoms with van der Waals surface area (Å²) >= 11 is 0. The zero-order valence-electron chi connectivity index (χ0n) is 25.0. The van der Waals surface area contributed by atoms with Crippen molar-refractivity contribution in [1.82, 2.24) is 0 Å². The summed E-state index contributed by atoms with van der Waals surface area (Å²) in [6, 6.07) is 0. The van der Waals surface area contributed by atoms with Crippen LogP contribution < -0.4 is 0 Å². The maximum atomic E-state index is 14.9. The number of carbonyl (C=O) groups is 3. The average molecular weight is 565 g/mol.